The molecule has 0 saturated carbocycles. The van der Waals surface area contributed by atoms with Crippen molar-refractivity contribution in [2.24, 2.45) is 5.92 Å². The largest absolute Gasteiger partial charge is 0.466 e. The lowest BCUT2D eigenvalue weighted by molar-refractivity contribution is -0.152. The Morgan fingerprint density at radius 1 is 1.61 bits per heavy atom. The quantitative estimate of drug-likeness (QED) is 0.429. The molecule has 1 N–H and O–H groups in total. The Bertz CT molecular complexity index is 323. The molecule has 3 atom stereocenters. The summed E-state index contributed by atoms with van der Waals surface area (Å²) < 4.78 is 10.5. The number of rotatable bonds is 7. The molecule has 0 spiro atoms. The number of amides is 1. The first-order valence-corrected chi connectivity index (χ1v) is 7.36. The molecule has 3 unspecified atom stereocenters. The predicted octanol–water partition coefficient (Wildman–Crippen LogP) is 1.17. The number of esters is 1. The van der Waals surface area contributed by atoms with Crippen LogP contribution in [0.15, 0.2) is 0 Å². The predicted molar refractivity (Wildman–Crippen MR) is 70.2 cm³/mol. The summed E-state index contributed by atoms with van der Waals surface area (Å²) in [5.74, 6) is 0.104. The number of carbonyl (C=O) groups excluding carboxylic acids is 2. The lowest BCUT2D eigenvalue weighted by atomic mass is 9.72. The van der Waals surface area contributed by atoms with E-state index >= 15 is 0 Å². The van der Waals surface area contributed by atoms with Gasteiger partial charge in [0.15, 0.2) is 0 Å². The van der Waals surface area contributed by atoms with Crippen molar-refractivity contribution in [2.75, 3.05) is 18.8 Å². The van der Waals surface area contributed by atoms with Crippen molar-refractivity contribution in [1.82, 2.24) is 5.32 Å². The van der Waals surface area contributed by atoms with Gasteiger partial charge in [0.1, 0.15) is 0 Å². The Labute approximate surface area is 112 Å². The van der Waals surface area contributed by atoms with Crippen molar-refractivity contribution in [3.8, 4) is 0 Å². The van der Waals surface area contributed by atoms with E-state index in [0.29, 0.717) is 19.0 Å². The highest BCUT2D eigenvalue weighted by atomic mass is 32.2. The van der Waals surface area contributed by atoms with Crippen LogP contribution in [0, 0.1) is 5.92 Å². The van der Waals surface area contributed by atoms with Crippen LogP contribution >= 0.6 is 11.8 Å². The normalized spacial score (nSPS) is 28.2. The van der Waals surface area contributed by atoms with Gasteiger partial charge in [-0.3, -0.25) is 9.59 Å². The van der Waals surface area contributed by atoms with E-state index in [1.807, 2.05) is 20.1 Å². The maximum atomic E-state index is 11.6. The van der Waals surface area contributed by atoms with Crippen molar-refractivity contribution in [1.29, 1.82) is 0 Å². The summed E-state index contributed by atoms with van der Waals surface area (Å²) in [4.78, 5) is 22.4. The van der Waals surface area contributed by atoms with E-state index < -0.39 is 0 Å². The molecule has 0 aromatic heterocycles. The molecule has 0 aromatic carbocycles. The number of nitrogens with one attached hydrogen (secondary N) is 1. The monoisotopic (exact) mass is 275 g/mol. The van der Waals surface area contributed by atoms with Crippen LogP contribution in [-0.2, 0) is 19.1 Å². The second kappa shape index (κ2) is 6.43. The maximum Gasteiger partial charge on any atom is 0.302 e. The van der Waals surface area contributed by atoms with E-state index in [9.17, 15) is 9.59 Å². The number of ether oxygens (including phenoxy) is 2. The Balaban J connectivity index is 2.48. The number of hydrogen-bond donors (Lipinski definition) is 1. The Morgan fingerprint density at radius 3 is 2.78 bits per heavy atom. The molecular weight excluding hydrogens is 254 g/mol. The molecule has 104 valence electrons. The van der Waals surface area contributed by atoms with E-state index in [2.05, 4.69) is 5.32 Å². The van der Waals surface area contributed by atoms with Crippen molar-refractivity contribution < 1.29 is 19.1 Å². The second-order valence-corrected chi connectivity index (χ2v) is 5.57. The van der Waals surface area contributed by atoms with Gasteiger partial charge in [-0.1, -0.05) is 0 Å². The van der Waals surface area contributed by atoms with Crippen molar-refractivity contribution >= 4 is 23.6 Å². The summed E-state index contributed by atoms with van der Waals surface area (Å²) in [5, 5.41) is 2.88. The van der Waals surface area contributed by atoms with E-state index in [-0.39, 0.29) is 29.4 Å². The van der Waals surface area contributed by atoms with Crippen molar-refractivity contribution in [3.05, 3.63) is 0 Å². The van der Waals surface area contributed by atoms with Gasteiger partial charge in [-0.25, -0.2) is 0 Å². The van der Waals surface area contributed by atoms with Gasteiger partial charge in [-0.05, 0) is 20.1 Å². The number of thioether (sulfide) groups is 1. The van der Waals surface area contributed by atoms with Crippen molar-refractivity contribution in [2.45, 2.75) is 38.8 Å². The molecule has 5 nitrogen and oxygen atoms in total. The lowest BCUT2D eigenvalue weighted by Gasteiger charge is -2.49. The number of β-lactam (4-membered cyclic amide) rings is 1. The van der Waals surface area contributed by atoms with Gasteiger partial charge in [-0.2, -0.15) is 0 Å². The third-order valence-electron chi connectivity index (χ3n) is 3.22. The van der Waals surface area contributed by atoms with Gasteiger partial charge in [-0.15, -0.1) is 11.8 Å². The SMILES string of the molecule is CSCOC(C)C1C(=O)NC1(C)CCOC(C)=O. The minimum atomic E-state index is -0.343. The molecule has 0 aliphatic carbocycles. The molecule has 1 heterocycles. The zero-order valence-electron chi connectivity index (χ0n) is 11.3. The molecule has 1 fully saturated rings. The van der Waals surface area contributed by atoms with E-state index in [1.54, 1.807) is 11.8 Å². The fourth-order valence-electron chi connectivity index (χ4n) is 2.28. The fourth-order valence-corrected chi connectivity index (χ4v) is 2.63. The summed E-state index contributed by atoms with van der Waals surface area (Å²) in [6.07, 6.45) is 2.43. The molecule has 1 aliphatic rings. The molecule has 1 saturated heterocycles. The standard InChI is InChI=1S/C12H21NO4S/c1-8(17-7-18-4)10-11(15)13-12(10,3)5-6-16-9(2)14/h8,10H,5-7H2,1-4H3,(H,13,15). The Morgan fingerprint density at radius 2 is 2.28 bits per heavy atom. The van der Waals surface area contributed by atoms with Gasteiger partial charge in [0, 0.05) is 13.3 Å². The summed E-state index contributed by atoms with van der Waals surface area (Å²) in [5.41, 5.74) is -0.343. The van der Waals surface area contributed by atoms with Crippen LogP contribution in [0.4, 0.5) is 0 Å². The first-order chi connectivity index (χ1) is 8.40. The molecule has 0 aromatic rings. The zero-order valence-corrected chi connectivity index (χ0v) is 12.1. The minimum Gasteiger partial charge on any atom is -0.466 e. The molecule has 18 heavy (non-hydrogen) atoms. The summed E-state index contributed by atoms with van der Waals surface area (Å²) in [6, 6.07) is 0. The van der Waals surface area contributed by atoms with E-state index in [0.717, 1.165) is 0 Å². The van der Waals surface area contributed by atoms with Crippen molar-refractivity contribution in [3.63, 3.8) is 0 Å². The highest BCUT2D eigenvalue weighted by molar-refractivity contribution is 7.98. The third-order valence-corrected chi connectivity index (χ3v) is 3.59. The smallest absolute Gasteiger partial charge is 0.302 e. The third kappa shape index (κ3) is 3.62. The highest BCUT2D eigenvalue weighted by Crippen LogP contribution is 2.34. The first-order valence-electron chi connectivity index (χ1n) is 5.96. The summed E-state index contributed by atoms with van der Waals surface area (Å²) in [7, 11) is 0. The van der Waals surface area contributed by atoms with Crippen LogP contribution in [0.3, 0.4) is 0 Å². The summed E-state index contributed by atoms with van der Waals surface area (Å²) >= 11 is 1.58. The zero-order chi connectivity index (χ0) is 13.8. The average molecular weight is 275 g/mol. The van der Waals surface area contributed by atoms with Gasteiger partial charge in [0.05, 0.1) is 30.1 Å². The van der Waals surface area contributed by atoms with E-state index in [4.69, 9.17) is 9.47 Å². The molecule has 1 rings (SSSR count). The summed E-state index contributed by atoms with van der Waals surface area (Å²) in [6.45, 7) is 5.56. The van der Waals surface area contributed by atoms with E-state index in [1.165, 1.54) is 6.92 Å². The maximum absolute atomic E-state index is 11.6. The molecule has 1 aliphatic heterocycles. The molecular formula is C12H21NO4S. The number of hydrogen-bond acceptors (Lipinski definition) is 5. The molecule has 6 heteroatoms. The lowest BCUT2D eigenvalue weighted by Crippen LogP contribution is -2.70. The van der Waals surface area contributed by atoms with Gasteiger partial charge in [0.2, 0.25) is 5.91 Å². The van der Waals surface area contributed by atoms with Crippen LogP contribution in [0.1, 0.15) is 27.2 Å². The first kappa shape index (κ1) is 15.3. The molecule has 0 radical (unpaired) electrons. The van der Waals surface area contributed by atoms with Gasteiger partial charge < -0.3 is 14.8 Å². The highest BCUT2D eigenvalue weighted by Gasteiger charge is 2.52. The van der Waals surface area contributed by atoms with Crippen LogP contribution in [-0.4, -0.2) is 42.3 Å². The fraction of sp³-hybridized carbons (Fsp3) is 0.833. The van der Waals surface area contributed by atoms with Gasteiger partial charge in [0.25, 0.3) is 0 Å². The van der Waals surface area contributed by atoms with Crippen LogP contribution < -0.4 is 5.32 Å². The van der Waals surface area contributed by atoms with Gasteiger partial charge >= 0.3 is 5.97 Å². The van der Waals surface area contributed by atoms with Crippen LogP contribution in [0.2, 0.25) is 0 Å². The molecule has 1 amide bonds. The second-order valence-electron chi connectivity index (χ2n) is 4.75. The Kier molecular flexibility index (Phi) is 5.47. The Hall–Kier alpha value is -0.750. The number of carbonyl (C=O) groups is 2. The topological polar surface area (TPSA) is 64.6 Å². The van der Waals surface area contributed by atoms with Crippen LogP contribution in [0.25, 0.3) is 0 Å². The minimum absolute atomic E-state index is 0.00827. The van der Waals surface area contributed by atoms with Crippen LogP contribution in [0.5, 0.6) is 0 Å². The molecule has 0 bridgehead atoms. The average Bonchev–Trinajstić information content (AvgIpc) is 2.24.